The SMILES string of the molecule is CCc1nc(S(=O)(=O)Cl)cn1CC(=O)N(CC)CC. The molecule has 0 atom stereocenters. The number of nitrogens with zero attached hydrogens (tertiary/aromatic N) is 3. The third kappa shape index (κ3) is 3.94. The number of hydrogen-bond donors (Lipinski definition) is 0. The van der Waals surface area contributed by atoms with Crippen LogP contribution in [0.5, 0.6) is 0 Å². The molecule has 1 rings (SSSR count). The smallest absolute Gasteiger partial charge is 0.280 e. The van der Waals surface area contributed by atoms with Crippen molar-refractivity contribution in [2.45, 2.75) is 38.8 Å². The van der Waals surface area contributed by atoms with Crippen LogP contribution in [0.25, 0.3) is 0 Å². The summed E-state index contributed by atoms with van der Waals surface area (Å²) in [7, 11) is 1.39. The van der Waals surface area contributed by atoms with E-state index < -0.39 is 9.05 Å². The molecule has 19 heavy (non-hydrogen) atoms. The fourth-order valence-electron chi connectivity index (χ4n) is 1.79. The number of carbonyl (C=O) groups is 1. The van der Waals surface area contributed by atoms with Gasteiger partial charge in [0, 0.05) is 36.4 Å². The topological polar surface area (TPSA) is 72.3 Å². The maximum Gasteiger partial charge on any atom is 0.280 e. The van der Waals surface area contributed by atoms with Crippen molar-refractivity contribution < 1.29 is 13.2 Å². The Hall–Kier alpha value is -1.08. The average molecular weight is 308 g/mol. The van der Waals surface area contributed by atoms with Crippen LogP contribution in [0.15, 0.2) is 11.2 Å². The molecule has 0 saturated heterocycles. The molecule has 6 nitrogen and oxygen atoms in total. The van der Waals surface area contributed by atoms with Crippen molar-refractivity contribution >= 4 is 25.6 Å². The molecule has 108 valence electrons. The second-order valence-corrected chi connectivity index (χ2v) is 6.49. The van der Waals surface area contributed by atoms with E-state index in [4.69, 9.17) is 10.7 Å². The molecular weight excluding hydrogens is 290 g/mol. The van der Waals surface area contributed by atoms with E-state index in [-0.39, 0.29) is 17.5 Å². The molecule has 0 N–H and O–H groups in total. The Bertz CT molecular complexity index is 550. The number of aromatic nitrogens is 2. The van der Waals surface area contributed by atoms with Gasteiger partial charge in [0.2, 0.25) is 5.91 Å². The predicted molar refractivity (Wildman–Crippen MR) is 72.6 cm³/mol. The molecule has 0 unspecified atom stereocenters. The highest BCUT2D eigenvalue weighted by Gasteiger charge is 2.19. The quantitative estimate of drug-likeness (QED) is 0.741. The fourth-order valence-corrected chi connectivity index (χ4v) is 2.48. The molecule has 1 aromatic rings. The largest absolute Gasteiger partial charge is 0.342 e. The first-order valence-corrected chi connectivity index (χ1v) is 8.42. The number of carbonyl (C=O) groups excluding carboxylic acids is 1. The number of hydrogen-bond acceptors (Lipinski definition) is 4. The Kier molecular flexibility index (Phi) is 5.37. The van der Waals surface area contributed by atoms with Crippen LogP contribution in [0.3, 0.4) is 0 Å². The minimum absolute atomic E-state index is 0.0735. The normalized spacial score (nSPS) is 11.6. The van der Waals surface area contributed by atoms with E-state index in [2.05, 4.69) is 4.98 Å². The number of halogens is 1. The highest BCUT2D eigenvalue weighted by molar-refractivity contribution is 8.13. The van der Waals surface area contributed by atoms with Crippen LogP contribution in [0, 0.1) is 0 Å². The van der Waals surface area contributed by atoms with Crippen LogP contribution in [0.4, 0.5) is 0 Å². The van der Waals surface area contributed by atoms with E-state index in [1.807, 2.05) is 20.8 Å². The Morgan fingerprint density at radius 1 is 1.37 bits per heavy atom. The zero-order chi connectivity index (χ0) is 14.6. The Balaban J connectivity index is 3.01. The summed E-state index contributed by atoms with van der Waals surface area (Å²) in [6, 6.07) is 0. The second kappa shape index (κ2) is 6.38. The fraction of sp³-hybridized carbons (Fsp3) is 0.636. The molecule has 1 amide bonds. The molecule has 0 bridgehead atoms. The highest BCUT2D eigenvalue weighted by atomic mass is 35.7. The number of aryl methyl sites for hydroxylation is 1. The van der Waals surface area contributed by atoms with Crippen molar-refractivity contribution in [3.05, 3.63) is 12.0 Å². The number of likely N-dealkylation sites (N-methyl/N-ethyl adjacent to an activating group) is 1. The van der Waals surface area contributed by atoms with Crippen molar-refractivity contribution in [2.24, 2.45) is 0 Å². The van der Waals surface area contributed by atoms with Gasteiger partial charge in [0.05, 0.1) is 0 Å². The molecule has 1 heterocycles. The molecule has 0 saturated carbocycles. The molecule has 0 aliphatic carbocycles. The van der Waals surface area contributed by atoms with Crippen LogP contribution in [-0.4, -0.2) is 41.9 Å². The highest BCUT2D eigenvalue weighted by Crippen LogP contribution is 2.15. The number of rotatable bonds is 6. The molecule has 8 heteroatoms. The van der Waals surface area contributed by atoms with Gasteiger partial charge in [-0.2, -0.15) is 0 Å². The minimum Gasteiger partial charge on any atom is -0.342 e. The summed E-state index contributed by atoms with van der Waals surface area (Å²) < 4.78 is 24.0. The number of imidazole rings is 1. The maximum absolute atomic E-state index is 12.0. The van der Waals surface area contributed by atoms with Crippen molar-refractivity contribution in [1.82, 2.24) is 14.5 Å². The Morgan fingerprint density at radius 3 is 2.37 bits per heavy atom. The van der Waals surface area contributed by atoms with Gasteiger partial charge in [0.25, 0.3) is 9.05 Å². The van der Waals surface area contributed by atoms with Gasteiger partial charge in [0.15, 0.2) is 5.03 Å². The van der Waals surface area contributed by atoms with Gasteiger partial charge in [-0.25, -0.2) is 13.4 Å². The van der Waals surface area contributed by atoms with Crippen LogP contribution in [0.1, 0.15) is 26.6 Å². The zero-order valence-corrected chi connectivity index (χ0v) is 12.8. The van der Waals surface area contributed by atoms with Crippen LogP contribution in [-0.2, 0) is 26.8 Å². The standard InChI is InChI=1S/C11H18ClN3O3S/c1-4-9-13-10(19(12,17)18)7-15(9)8-11(16)14(5-2)6-3/h7H,4-6,8H2,1-3H3. The van der Waals surface area contributed by atoms with Crippen LogP contribution >= 0.6 is 10.7 Å². The van der Waals surface area contributed by atoms with Crippen molar-refractivity contribution in [2.75, 3.05) is 13.1 Å². The summed E-state index contributed by atoms with van der Waals surface area (Å²) in [4.78, 5) is 17.6. The van der Waals surface area contributed by atoms with E-state index in [1.165, 1.54) is 10.8 Å². The summed E-state index contributed by atoms with van der Waals surface area (Å²) in [5, 5.41) is -0.210. The third-order valence-corrected chi connectivity index (χ3v) is 4.00. The van der Waals surface area contributed by atoms with E-state index >= 15 is 0 Å². The summed E-state index contributed by atoms with van der Waals surface area (Å²) >= 11 is 0. The lowest BCUT2D eigenvalue weighted by molar-refractivity contribution is -0.131. The molecule has 1 aromatic heterocycles. The van der Waals surface area contributed by atoms with Gasteiger partial charge < -0.3 is 9.47 Å². The molecule has 0 aliphatic heterocycles. The van der Waals surface area contributed by atoms with Crippen LogP contribution in [0.2, 0.25) is 0 Å². The zero-order valence-electron chi connectivity index (χ0n) is 11.3. The predicted octanol–water partition coefficient (Wildman–Crippen LogP) is 1.24. The van der Waals surface area contributed by atoms with Crippen molar-refractivity contribution in [3.63, 3.8) is 0 Å². The molecule has 0 spiro atoms. The number of amides is 1. The van der Waals surface area contributed by atoms with E-state index in [1.54, 1.807) is 4.90 Å². The molecular formula is C11H18ClN3O3S. The maximum atomic E-state index is 12.0. The van der Waals surface area contributed by atoms with Gasteiger partial charge in [0.1, 0.15) is 12.4 Å². The monoisotopic (exact) mass is 307 g/mol. The van der Waals surface area contributed by atoms with E-state index in [0.29, 0.717) is 25.3 Å². The summed E-state index contributed by atoms with van der Waals surface area (Å²) in [5.74, 6) is 0.454. The lowest BCUT2D eigenvalue weighted by Crippen LogP contribution is -2.33. The molecule has 0 aromatic carbocycles. The lowest BCUT2D eigenvalue weighted by Gasteiger charge is -2.19. The third-order valence-electron chi connectivity index (χ3n) is 2.82. The summed E-state index contributed by atoms with van der Waals surface area (Å²) in [6.07, 6.45) is 1.83. The van der Waals surface area contributed by atoms with Gasteiger partial charge in [-0.3, -0.25) is 4.79 Å². The minimum atomic E-state index is -3.87. The average Bonchev–Trinajstić information content (AvgIpc) is 2.73. The lowest BCUT2D eigenvalue weighted by atomic mass is 10.4. The van der Waals surface area contributed by atoms with Gasteiger partial charge in [-0.15, -0.1) is 0 Å². The molecule has 0 radical (unpaired) electrons. The molecule has 0 aliphatic rings. The van der Waals surface area contributed by atoms with Crippen molar-refractivity contribution in [1.29, 1.82) is 0 Å². The summed E-state index contributed by atoms with van der Waals surface area (Å²) in [5.41, 5.74) is 0. The Morgan fingerprint density at radius 2 is 1.95 bits per heavy atom. The first kappa shape index (κ1) is 16.0. The van der Waals surface area contributed by atoms with Gasteiger partial charge in [-0.1, -0.05) is 6.92 Å². The van der Waals surface area contributed by atoms with Gasteiger partial charge >= 0.3 is 0 Å². The first-order chi connectivity index (χ1) is 8.83. The second-order valence-electron chi connectivity index (χ2n) is 3.98. The van der Waals surface area contributed by atoms with E-state index in [9.17, 15) is 13.2 Å². The van der Waals surface area contributed by atoms with Gasteiger partial charge in [-0.05, 0) is 13.8 Å². The Labute approximate surface area is 117 Å². The first-order valence-electron chi connectivity index (χ1n) is 6.11. The molecule has 0 fully saturated rings. The van der Waals surface area contributed by atoms with E-state index in [0.717, 1.165) is 0 Å². The van der Waals surface area contributed by atoms with Crippen molar-refractivity contribution in [3.8, 4) is 0 Å². The summed E-state index contributed by atoms with van der Waals surface area (Å²) in [6.45, 7) is 6.93. The van der Waals surface area contributed by atoms with Crippen LogP contribution < -0.4 is 0 Å².